The smallest absolute Gasteiger partial charge is 0.191 e. The van der Waals surface area contributed by atoms with Gasteiger partial charge in [-0.05, 0) is 37.8 Å². The molecule has 0 heterocycles. The number of nitrogens with one attached hydrogen (secondary N) is 2. The lowest BCUT2D eigenvalue weighted by atomic mass is 10.2. The van der Waals surface area contributed by atoms with Crippen molar-refractivity contribution in [2.24, 2.45) is 4.99 Å². The molecule has 0 spiro atoms. The number of thioether (sulfide) groups is 1. The first-order chi connectivity index (χ1) is 9.77. The Morgan fingerprint density at radius 2 is 2.00 bits per heavy atom. The summed E-state index contributed by atoms with van der Waals surface area (Å²) in [7, 11) is 0. The van der Waals surface area contributed by atoms with E-state index in [2.05, 4.69) is 21.9 Å². The topological polar surface area (TPSA) is 36.4 Å². The van der Waals surface area contributed by atoms with Gasteiger partial charge in [0.05, 0.1) is 6.54 Å². The predicted octanol–water partition coefficient (Wildman–Crippen LogP) is 3.64. The third kappa shape index (κ3) is 9.18. The van der Waals surface area contributed by atoms with Gasteiger partial charge in [-0.3, -0.25) is 0 Å². The summed E-state index contributed by atoms with van der Waals surface area (Å²) in [5.41, 5.74) is 0.618. The van der Waals surface area contributed by atoms with E-state index in [1.54, 1.807) is 12.1 Å². The Kier molecular flexibility index (Phi) is 12.9. The first-order valence-electron chi connectivity index (χ1n) is 7.02. The fraction of sp³-hybridized carbons (Fsp3) is 0.533. The summed E-state index contributed by atoms with van der Waals surface area (Å²) in [4.78, 5) is 4.41. The number of nitrogens with zero attached hydrogens (tertiary/aromatic N) is 1. The van der Waals surface area contributed by atoms with E-state index < -0.39 is 0 Å². The molecular weight excluding hydrogens is 400 g/mol. The lowest BCUT2D eigenvalue weighted by Gasteiger charge is -2.11. The van der Waals surface area contributed by atoms with Gasteiger partial charge in [0.15, 0.2) is 5.96 Å². The molecule has 0 aromatic heterocycles. The summed E-state index contributed by atoms with van der Waals surface area (Å²) < 4.78 is 13.5. The highest BCUT2D eigenvalue weighted by Crippen LogP contribution is 2.07. The van der Waals surface area contributed by atoms with E-state index in [1.165, 1.54) is 18.2 Å². The van der Waals surface area contributed by atoms with Gasteiger partial charge >= 0.3 is 0 Å². The lowest BCUT2D eigenvalue weighted by molar-refractivity contribution is 0.610. The highest BCUT2D eigenvalue weighted by molar-refractivity contribution is 14.0. The lowest BCUT2D eigenvalue weighted by Crippen LogP contribution is -2.37. The Labute approximate surface area is 148 Å². The zero-order valence-corrected chi connectivity index (χ0v) is 15.8. The van der Waals surface area contributed by atoms with E-state index in [0.717, 1.165) is 25.5 Å². The van der Waals surface area contributed by atoms with Crippen molar-refractivity contribution in [3.63, 3.8) is 0 Å². The molecule has 0 saturated carbocycles. The van der Waals surface area contributed by atoms with Crippen molar-refractivity contribution in [2.45, 2.75) is 26.3 Å². The summed E-state index contributed by atoms with van der Waals surface area (Å²) in [5.74, 6) is 1.73. The van der Waals surface area contributed by atoms with Crippen molar-refractivity contribution in [3.05, 3.63) is 35.6 Å². The molecule has 0 aliphatic carbocycles. The van der Waals surface area contributed by atoms with Gasteiger partial charge in [0.25, 0.3) is 0 Å². The van der Waals surface area contributed by atoms with E-state index in [1.807, 2.05) is 24.8 Å². The number of unbranched alkanes of at least 4 members (excludes halogenated alkanes) is 1. The number of guanidine groups is 1. The average molecular weight is 425 g/mol. The Morgan fingerprint density at radius 3 is 2.67 bits per heavy atom. The first kappa shape index (κ1) is 20.5. The molecule has 1 aromatic rings. The molecule has 6 heteroatoms. The monoisotopic (exact) mass is 425 g/mol. The molecule has 0 amide bonds. The Balaban J connectivity index is 0.00000400. The standard InChI is InChI=1S/C15H24FN3S.HI/c1-3-17-15(18-10-6-7-11-20-2)19-12-13-8-4-5-9-14(13)16;/h4-5,8-9H,3,6-7,10-12H2,1-2H3,(H2,17,18,19);1H. The number of aliphatic imine (C=N–C) groups is 1. The van der Waals surface area contributed by atoms with Crippen LogP contribution in [0, 0.1) is 5.82 Å². The number of benzene rings is 1. The second-order valence-corrected chi connectivity index (χ2v) is 5.40. The molecule has 3 nitrogen and oxygen atoms in total. The molecule has 0 fully saturated rings. The quantitative estimate of drug-likeness (QED) is 0.289. The van der Waals surface area contributed by atoms with Gasteiger partial charge in [0.2, 0.25) is 0 Å². The normalized spacial score (nSPS) is 10.9. The molecule has 0 saturated heterocycles. The van der Waals surface area contributed by atoms with Gasteiger partial charge in [0.1, 0.15) is 5.82 Å². The summed E-state index contributed by atoms with van der Waals surface area (Å²) in [6.45, 7) is 4.07. The van der Waals surface area contributed by atoms with Crippen LogP contribution in [0.4, 0.5) is 4.39 Å². The molecule has 0 atom stereocenters. The highest BCUT2D eigenvalue weighted by atomic mass is 127. The zero-order valence-electron chi connectivity index (χ0n) is 12.7. The molecule has 1 aromatic carbocycles. The molecule has 120 valence electrons. The summed E-state index contributed by atoms with van der Waals surface area (Å²) in [6.07, 6.45) is 4.43. The summed E-state index contributed by atoms with van der Waals surface area (Å²) in [5, 5.41) is 6.45. The predicted molar refractivity (Wildman–Crippen MR) is 102 cm³/mol. The first-order valence-corrected chi connectivity index (χ1v) is 8.41. The third-order valence-electron chi connectivity index (χ3n) is 2.78. The van der Waals surface area contributed by atoms with Crippen LogP contribution in [0.5, 0.6) is 0 Å². The number of halogens is 2. The molecule has 2 N–H and O–H groups in total. The van der Waals surface area contributed by atoms with Gasteiger partial charge in [-0.15, -0.1) is 24.0 Å². The van der Waals surface area contributed by atoms with Crippen molar-refractivity contribution < 1.29 is 4.39 Å². The van der Waals surface area contributed by atoms with Crippen molar-refractivity contribution in [1.82, 2.24) is 10.6 Å². The van der Waals surface area contributed by atoms with Crippen LogP contribution in [0.15, 0.2) is 29.3 Å². The van der Waals surface area contributed by atoms with Gasteiger partial charge in [-0.2, -0.15) is 11.8 Å². The minimum Gasteiger partial charge on any atom is -0.357 e. The van der Waals surface area contributed by atoms with Crippen LogP contribution in [0.25, 0.3) is 0 Å². The van der Waals surface area contributed by atoms with Gasteiger partial charge < -0.3 is 10.6 Å². The SMILES string of the molecule is CCNC(=NCc1ccccc1F)NCCCCSC.I. The molecule has 21 heavy (non-hydrogen) atoms. The Bertz CT molecular complexity index is 416. The minimum absolute atomic E-state index is 0. The minimum atomic E-state index is -0.202. The molecule has 0 radical (unpaired) electrons. The fourth-order valence-corrected chi connectivity index (χ4v) is 2.20. The summed E-state index contributed by atoms with van der Waals surface area (Å²) >= 11 is 1.86. The van der Waals surface area contributed by atoms with Crippen LogP contribution >= 0.6 is 35.7 Å². The molecule has 0 aliphatic rings. The van der Waals surface area contributed by atoms with Crippen LogP contribution in [0.2, 0.25) is 0 Å². The van der Waals surface area contributed by atoms with E-state index in [4.69, 9.17) is 0 Å². The van der Waals surface area contributed by atoms with Crippen LogP contribution in [0.1, 0.15) is 25.3 Å². The van der Waals surface area contributed by atoms with Gasteiger partial charge in [-0.25, -0.2) is 9.38 Å². The largest absolute Gasteiger partial charge is 0.357 e. The maximum atomic E-state index is 13.5. The van der Waals surface area contributed by atoms with Gasteiger partial charge in [0, 0.05) is 18.7 Å². The van der Waals surface area contributed by atoms with Crippen molar-refractivity contribution in [1.29, 1.82) is 0 Å². The second-order valence-electron chi connectivity index (χ2n) is 4.41. The number of rotatable bonds is 8. The van der Waals surface area contributed by atoms with Crippen molar-refractivity contribution in [2.75, 3.05) is 25.1 Å². The highest BCUT2D eigenvalue weighted by Gasteiger charge is 2.01. The van der Waals surface area contributed by atoms with E-state index in [0.29, 0.717) is 12.1 Å². The van der Waals surface area contributed by atoms with Crippen LogP contribution in [-0.4, -0.2) is 31.1 Å². The molecular formula is C15H25FIN3S. The molecule has 0 aliphatic heterocycles. The number of hydrogen-bond acceptors (Lipinski definition) is 2. The summed E-state index contributed by atoms with van der Waals surface area (Å²) in [6, 6.07) is 6.75. The Hall–Kier alpha value is -0.500. The van der Waals surface area contributed by atoms with E-state index in [-0.39, 0.29) is 29.8 Å². The van der Waals surface area contributed by atoms with Crippen LogP contribution < -0.4 is 10.6 Å². The fourth-order valence-electron chi connectivity index (χ4n) is 1.71. The molecule has 1 rings (SSSR count). The maximum absolute atomic E-state index is 13.5. The van der Waals surface area contributed by atoms with Crippen molar-refractivity contribution in [3.8, 4) is 0 Å². The zero-order chi connectivity index (χ0) is 14.6. The molecule has 0 bridgehead atoms. The second kappa shape index (κ2) is 13.2. The van der Waals surface area contributed by atoms with E-state index >= 15 is 0 Å². The third-order valence-corrected chi connectivity index (χ3v) is 3.47. The molecule has 0 unspecified atom stereocenters. The van der Waals surface area contributed by atoms with Gasteiger partial charge in [-0.1, -0.05) is 18.2 Å². The number of hydrogen-bond donors (Lipinski definition) is 2. The maximum Gasteiger partial charge on any atom is 0.191 e. The van der Waals surface area contributed by atoms with Crippen LogP contribution in [-0.2, 0) is 6.54 Å². The van der Waals surface area contributed by atoms with E-state index in [9.17, 15) is 4.39 Å². The average Bonchev–Trinajstić information content (AvgIpc) is 2.46. The van der Waals surface area contributed by atoms with Crippen molar-refractivity contribution >= 4 is 41.7 Å². The van der Waals surface area contributed by atoms with Crippen LogP contribution in [0.3, 0.4) is 0 Å². The Morgan fingerprint density at radius 1 is 1.24 bits per heavy atom.